The number of nitriles is 1. The van der Waals surface area contributed by atoms with Crippen molar-refractivity contribution in [1.82, 2.24) is 0 Å². The van der Waals surface area contributed by atoms with Gasteiger partial charge in [0.15, 0.2) is 0 Å². The van der Waals surface area contributed by atoms with Gasteiger partial charge in [-0.05, 0) is 42.5 Å². The van der Waals surface area contributed by atoms with E-state index in [1.807, 2.05) is 30.3 Å². The maximum Gasteiger partial charge on any atom is 0.253 e. The lowest BCUT2D eigenvalue weighted by Gasteiger charge is -2.16. The molecule has 5 heteroatoms. The Morgan fingerprint density at radius 3 is 2.48 bits per heavy atom. The van der Waals surface area contributed by atoms with Crippen LogP contribution in [0.3, 0.4) is 0 Å². The fourth-order valence-electron chi connectivity index (χ4n) is 2.61. The average Bonchev–Trinajstić information content (AvgIpc) is 2.64. The quantitative estimate of drug-likeness (QED) is 0.664. The Kier molecular flexibility index (Phi) is 7.84. The first-order valence-corrected chi connectivity index (χ1v) is 9.46. The van der Waals surface area contributed by atoms with Gasteiger partial charge < -0.3 is 10.1 Å². The molecule has 1 N–H and O–H groups in total. The molecule has 0 fully saturated rings. The van der Waals surface area contributed by atoms with Gasteiger partial charge in [0.2, 0.25) is 0 Å². The molecule has 0 aliphatic rings. The zero-order chi connectivity index (χ0) is 19.8. The number of hydrogen-bond acceptors (Lipinski definition) is 3. The van der Waals surface area contributed by atoms with Gasteiger partial charge in [-0.2, -0.15) is 5.26 Å². The summed E-state index contributed by atoms with van der Waals surface area (Å²) in [5.74, 6) is -0.145. The Morgan fingerprint density at radius 1 is 1.19 bits per heavy atom. The summed E-state index contributed by atoms with van der Waals surface area (Å²) in [6.45, 7) is 6.50. The molecule has 0 radical (unpaired) electrons. The lowest BCUT2D eigenvalue weighted by atomic mass is 9.92. The Labute approximate surface area is 166 Å². The van der Waals surface area contributed by atoms with Crippen LogP contribution in [-0.2, 0) is 9.53 Å². The number of halogens is 1. The maximum absolute atomic E-state index is 12.3. The van der Waals surface area contributed by atoms with Crippen molar-refractivity contribution in [1.29, 1.82) is 5.26 Å². The molecule has 2 aromatic rings. The van der Waals surface area contributed by atoms with Crippen LogP contribution in [0.15, 0.2) is 48.5 Å². The van der Waals surface area contributed by atoms with Crippen LogP contribution in [0, 0.1) is 17.2 Å². The van der Waals surface area contributed by atoms with Crippen LogP contribution in [0.1, 0.15) is 44.2 Å². The maximum atomic E-state index is 12.3. The summed E-state index contributed by atoms with van der Waals surface area (Å²) in [4.78, 5) is 12.3. The Balaban J connectivity index is 2.06. The fraction of sp³-hybridized carbons (Fsp3) is 0.364. The minimum absolute atomic E-state index is 0.220. The van der Waals surface area contributed by atoms with E-state index in [4.69, 9.17) is 16.3 Å². The minimum atomic E-state index is -0.543. The SMILES string of the molecule is CC(C)CCOC(C)C(=O)Nc1ccc(C(C#N)c2ccccc2)c(Cl)c1. The predicted molar refractivity (Wildman–Crippen MR) is 109 cm³/mol. The van der Waals surface area contributed by atoms with Gasteiger partial charge in [-0.15, -0.1) is 0 Å². The third-order valence-corrected chi connectivity index (χ3v) is 4.60. The molecule has 0 bridgehead atoms. The highest BCUT2D eigenvalue weighted by Gasteiger charge is 2.18. The van der Waals surface area contributed by atoms with Crippen molar-refractivity contribution in [3.8, 4) is 6.07 Å². The highest BCUT2D eigenvalue weighted by molar-refractivity contribution is 6.31. The van der Waals surface area contributed by atoms with E-state index in [2.05, 4.69) is 25.2 Å². The standard InChI is InChI=1S/C22H25ClN2O2/c1-15(2)11-12-27-16(3)22(26)25-18-9-10-19(21(23)13-18)20(14-24)17-7-5-4-6-8-17/h4-10,13,15-16,20H,11-12H2,1-3H3,(H,25,26). The molecular weight excluding hydrogens is 360 g/mol. The lowest BCUT2D eigenvalue weighted by molar-refractivity contribution is -0.126. The van der Waals surface area contributed by atoms with Gasteiger partial charge >= 0.3 is 0 Å². The van der Waals surface area contributed by atoms with Gasteiger partial charge in [0.05, 0.1) is 12.0 Å². The van der Waals surface area contributed by atoms with Gasteiger partial charge in [-0.25, -0.2) is 0 Å². The van der Waals surface area contributed by atoms with Crippen molar-refractivity contribution in [2.24, 2.45) is 5.92 Å². The van der Waals surface area contributed by atoms with E-state index in [1.54, 1.807) is 25.1 Å². The third kappa shape index (κ3) is 6.09. The number of rotatable bonds is 8. The first-order chi connectivity index (χ1) is 12.9. The molecule has 0 saturated heterocycles. The number of nitrogens with zero attached hydrogens (tertiary/aromatic N) is 1. The number of hydrogen-bond donors (Lipinski definition) is 1. The van der Waals surface area contributed by atoms with E-state index in [1.165, 1.54) is 0 Å². The Bertz CT molecular complexity index is 800. The second-order valence-corrected chi connectivity index (χ2v) is 7.30. The summed E-state index contributed by atoms with van der Waals surface area (Å²) in [7, 11) is 0. The number of ether oxygens (including phenoxy) is 1. The normalized spacial score (nSPS) is 13.0. The van der Waals surface area contributed by atoms with Gasteiger partial charge in [-0.3, -0.25) is 4.79 Å². The van der Waals surface area contributed by atoms with Crippen LogP contribution < -0.4 is 5.32 Å². The van der Waals surface area contributed by atoms with E-state index < -0.39 is 12.0 Å². The second-order valence-electron chi connectivity index (χ2n) is 6.89. The van der Waals surface area contributed by atoms with Crippen molar-refractivity contribution >= 4 is 23.2 Å². The Morgan fingerprint density at radius 2 is 1.89 bits per heavy atom. The monoisotopic (exact) mass is 384 g/mol. The molecule has 27 heavy (non-hydrogen) atoms. The van der Waals surface area contributed by atoms with E-state index in [9.17, 15) is 10.1 Å². The average molecular weight is 385 g/mol. The van der Waals surface area contributed by atoms with E-state index in [0.717, 1.165) is 12.0 Å². The molecule has 2 rings (SSSR count). The molecule has 0 aliphatic carbocycles. The summed E-state index contributed by atoms with van der Waals surface area (Å²) < 4.78 is 5.57. The molecule has 0 aromatic heterocycles. The lowest BCUT2D eigenvalue weighted by Crippen LogP contribution is -2.28. The molecule has 4 nitrogen and oxygen atoms in total. The van der Waals surface area contributed by atoms with Gasteiger partial charge in [0, 0.05) is 17.3 Å². The predicted octanol–water partition coefficient (Wildman–Crippen LogP) is 5.39. The molecule has 0 spiro atoms. The van der Waals surface area contributed by atoms with Crippen molar-refractivity contribution in [3.05, 3.63) is 64.7 Å². The third-order valence-electron chi connectivity index (χ3n) is 4.27. The summed E-state index contributed by atoms with van der Waals surface area (Å²) in [5.41, 5.74) is 2.17. The molecule has 2 aromatic carbocycles. The van der Waals surface area contributed by atoms with Crippen molar-refractivity contribution in [3.63, 3.8) is 0 Å². The van der Waals surface area contributed by atoms with Gasteiger partial charge in [-0.1, -0.05) is 61.8 Å². The number of benzene rings is 2. The summed E-state index contributed by atoms with van der Waals surface area (Å²) in [6.07, 6.45) is 0.367. The summed E-state index contributed by atoms with van der Waals surface area (Å²) in [6, 6.07) is 17.0. The summed E-state index contributed by atoms with van der Waals surface area (Å²) >= 11 is 6.40. The van der Waals surface area contributed by atoms with Crippen LogP contribution in [0.2, 0.25) is 5.02 Å². The molecule has 0 saturated carbocycles. The van der Waals surface area contributed by atoms with Gasteiger partial charge in [0.1, 0.15) is 6.10 Å². The molecule has 0 aliphatic heterocycles. The second kappa shape index (κ2) is 10.1. The number of amides is 1. The summed E-state index contributed by atoms with van der Waals surface area (Å²) in [5, 5.41) is 12.8. The smallest absolute Gasteiger partial charge is 0.253 e. The van der Waals surface area contributed by atoms with Crippen LogP contribution in [0.4, 0.5) is 5.69 Å². The van der Waals surface area contributed by atoms with Crippen molar-refractivity contribution in [2.75, 3.05) is 11.9 Å². The van der Waals surface area contributed by atoms with E-state index >= 15 is 0 Å². The molecular formula is C22H25ClN2O2. The van der Waals surface area contributed by atoms with Crippen LogP contribution >= 0.6 is 11.6 Å². The van der Waals surface area contributed by atoms with Crippen LogP contribution in [-0.4, -0.2) is 18.6 Å². The first kappa shape index (κ1) is 21.0. The van der Waals surface area contributed by atoms with Crippen molar-refractivity contribution in [2.45, 2.75) is 39.2 Å². The highest BCUT2D eigenvalue weighted by Crippen LogP contribution is 2.31. The molecule has 2 atom stereocenters. The van der Waals surface area contributed by atoms with E-state index in [-0.39, 0.29) is 5.91 Å². The van der Waals surface area contributed by atoms with Crippen LogP contribution in [0.25, 0.3) is 0 Å². The van der Waals surface area contributed by atoms with Crippen molar-refractivity contribution < 1.29 is 9.53 Å². The zero-order valence-corrected chi connectivity index (χ0v) is 16.7. The molecule has 2 unspecified atom stereocenters. The number of anilines is 1. The molecule has 142 valence electrons. The molecule has 0 heterocycles. The van der Waals surface area contributed by atoms with Gasteiger partial charge in [0.25, 0.3) is 5.91 Å². The highest BCUT2D eigenvalue weighted by atomic mass is 35.5. The number of carbonyl (C=O) groups excluding carboxylic acids is 1. The van der Waals surface area contributed by atoms with E-state index in [0.29, 0.717) is 28.8 Å². The first-order valence-electron chi connectivity index (χ1n) is 9.08. The minimum Gasteiger partial charge on any atom is -0.369 e. The fourth-order valence-corrected chi connectivity index (χ4v) is 2.90. The molecule has 1 amide bonds. The topological polar surface area (TPSA) is 62.1 Å². The zero-order valence-electron chi connectivity index (χ0n) is 15.9. The number of nitrogens with one attached hydrogen (secondary N) is 1. The number of carbonyl (C=O) groups is 1. The Hall–Kier alpha value is -2.35. The van der Waals surface area contributed by atoms with Crippen LogP contribution in [0.5, 0.6) is 0 Å². The largest absolute Gasteiger partial charge is 0.369 e.